The van der Waals surface area contributed by atoms with Crippen LogP contribution in [-0.4, -0.2) is 16.3 Å². The Morgan fingerprint density at radius 2 is 2.10 bits per heavy atom. The van der Waals surface area contributed by atoms with Gasteiger partial charge in [0.1, 0.15) is 17.3 Å². The predicted molar refractivity (Wildman–Crippen MR) is 79.5 cm³/mol. The number of benzene rings is 1. The average Bonchev–Trinajstić information content (AvgIpc) is 2.70. The van der Waals surface area contributed by atoms with Gasteiger partial charge >= 0.3 is 0 Å². The Morgan fingerprint density at radius 1 is 1.35 bits per heavy atom. The normalized spacial score (nSPS) is 12.4. The van der Waals surface area contributed by atoms with Crippen LogP contribution in [0.1, 0.15) is 22.9 Å². The van der Waals surface area contributed by atoms with Crippen LogP contribution in [0.5, 0.6) is 5.75 Å². The zero-order valence-electron chi connectivity index (χ0n) is 11.6. The lowest BCUT2D eigenvalue weighted by molar-refractivity contribution is 0.414. The molecule has 0 aliphatic carbocycles. The van der Waals surface area contributed by atoms with E-state index in [0.29, 0.717) is 22.4 Å². The first-order chi connectivity index (χ1) is 9.49. The summed E-state index contributed by atoms with van der Waals surface area (Å²) in [5.41, 5.74) is 1.66. The van der Waals surface area contributed by atoms with Crippen molar-refractivity contribution in [1.82, 2.24) is 4.98 Å². The Morgan fingerprint density at radius 3 is 2.65 bits per heavy atom. The first-order valence-corrected chi connectivity index (χ1v) is 7.96. The van der Waals surface area contributed by atoms with Crippen molar-refractivity contribution >= 4 is 22.4 Å². The molecule has 0 spiro atoms. The maximum Gasteiger partial charge on any atom is 0.207 e. The molecule has 0 aliphatic rings. The van der Waals surface area contributed by atoms with Crippen LogP contribution in [0.15, 0.2) is 22.6 Å². The van der Waals surface area contributed by atoms with Crippen LogP contribution in [0.3, 0.4) is 0 Å². The average molecular weight is 314 g/mol. The Bertz CT molecular complexity index is 620. The fraction of sp³-hybridized carbons (Fsp3) is 0.357. The van der Waals surface area contributed by atoms with Crippen molar-refractivity contribution < 1.29 is 13.4 Å². The molecule has 1 atom stereocenters. The van der Waals surface area contributed by atoms with Gasteiger partial charge in [-0.05, 0) is 31.5 Å². The van der Waals surface area contributed by atoms with Crippen molar-refractivity contribution in [2.45, 2.75) is 25.4 Å². The number of hydrogen-bond acceptors (Lipinski definition) is 4. The fourth-order valence-electron chi connectivity index (χ4n) is 1.74. The van der Waals surface area contributed by atoms with E-state index in [0.717, 1.165) is 17.0 Å². The molecule has 0 bridgehead atoms. The van der Waals surface area contributed by atoms with E-state index >= 15 is 0 Å². The van der Waals surface area contributed by atoms with Gasteiger partial charge in [-0.2, -0.15) is 0 Å². The predicted octanol–water partition coefficient (Wildman–Crippen LogP) is 3.40. The highest BCUT2D eigenvalue weighted by atomic mass is 35.5. The summed E-state index contributed by atoms with van der Waals surface area (Å²) in [6.07, 6.45) is 0. The van der Waals surface area contributed by atoms with E-state index in [1.807, 2.05) is 19.9 Å². The highest BCUT2D eigenvalue weighted by molar-refractivity contribution is 7.83. The topological polar surface area (TPSA) is 52.3 Å². The molecule has 0 aliphatic heterocycles. The molecule has 0 radical (unpaired) electrons. The van der Waals surface area contributed by atoms with Gasteiger partial charge in [-0.1, -0.05) is 17.7 Å². The van der Waals surface area contributed by atoms with Crippen molar-refractivity contribution in [3.63, 3.8) is 0 Å². The summed E-state index contributed by atoms with van der Waals surface area (Å²) in [5, 5.41) is 0.553. The van der Waals surface area contributed by atoms with Crippen LogP contribution < -0.4 is 4.74 Å². The van der Waals surface area contributed by atoms with E-state index < -0.39 is 10.8 Å². The number of methoxy groups -OCH3 is 1. The summed E-state index contributed by atoms with van der Waals surface area (Å²) in [5.74, 6) is 2.60. The number of aryl methyl sites for hydroxylation is 2. The zero-order chi connectivity index (χ0) is 14.7. The quantitative estimate of drug-likeness (QED) is 0.849. The molecule has 108 valence electrons. The van der Waals surface area contributed by atoms with Gasteiger partial charge in [0.15, 0.2) is 0 Å². The van der Waals surface area contributed by atoms with Crippen LogP contribution in [0.25, 0.3) is 0 Å². The lowest BCUT2D eigenvalue weighted by Crippen LogP contribution is -2.00. The number of hydrogen-bond donors (Lipinski definition) is 0. The van der Waals surface area contributed by atoms with Crippen molar-refractivity contribution in [2.24, 2.45) is 0 Å². The van der Waals surface area contributed by atoms with Gasteiger partial charge in [-0.15, -0.1) is 0 Å². The van der Waals surface area contributed by atoms with E-state index in [-0.39, 0.29) is 5.75 Å². The van der Waals surface area contributed by atoms with Crippen molar-refractivity contribution in [3.05, 3.63) is 46.1 Å². The molecule has 1 aromatic heterocycles. The molecular weight excluding hydrogens is 298 g/mol. The number of oxazole rings is 1. The lowest BCUT2D eigenvalue weighted by Gasteiger charge is -2.06. The monoisotopic (exact) mass is 313 g/mol. The Kier molecular flexibility index (Phi) is 4.83. The highest BCUT2D eigenvalue weighted by Crippen LogP contribution is 2.24. The number of halogens is 1. The maximum atomic E-state index is 12.1. The molecule has 2 rings (SSSR count). The minimum absolute atomic E-state index is 0.289. The van der Waals surface area contributed by atoms with Crippen molar-refractivity contribution in [3.8, 4) is 5.75 Å². The molecule has 6 heteroatoms. The molecule has 4 nitrogen and oxygen atoms in total. The second-order valence-corrected chi connectivity index (χ2v) is 6.30. The minimum Gasteiger partial charge on any atom is -0.497 e. The molecule has 0 N–H and O–H groups in total. The summed E-state index contributed by atoms with van der Waals surface area (Å²) in [4.78, 5) is 4.23. The standard InChI is InChI=1S/C14H16ClNO3S/c1-9-10(2)19-14(16-9)8-20(17)7-11-4-5-12(18-3)6-13(11)15/h4-6H,7-8H2,1-3H3/t20-/m0/s1. The van der Waals surface area contributed by atoms with E-state index in [9.17, 15) is 4.21 Å². The molecule has 1 aromatic carbocycles. The van der Waals surface area contributed by atoms with Gasteiger partial charge in [0.2, 0.25) is 5.89 Å². The van der Waals surface area contributed by atoms with Crippen LogP contribution in [0.4, 0.5) is 0 Å². The van der Waals surface area contributed by atoms with Gasteiger partial charge in [0, 0.05) is 15.8 Å². The third kappa shape index (κ3) is 3.61. The first-order valence-electron chi connectivity index (χ1n) is 6.10. The summed E-state index contributed by atoms with van der Waals surface area (Å²) >= 11 is 6.13. The van der Waals surface area contributed by atoms with Crippen LogP contribution in [0, 0.1) is 13.8 Å². The second-order valence-electron chi connectivity index (χ2n) is 4.44. The molecule has 0 amide bonds. The Hall–Kier alpha value is -1.33. The number of nitrogens with zero attached hydrogens (tertiary/aromatic N) is 1. The van der Waals surface area contributed by atoms with Crippen LogP contribution >= 0.6 is 11.6 Å². The van der Waals surface area contributed by atoms with Gasteiger partial charge in [0.25, 0.3) is 0 Å². The van der Waals surface area contributed by atoms with E-state index in [1.54, 1.807) is 19.2 Å². The van der Waals surface area contributed by atoms with Crippen LogP contribution in [0.2, 0.25) is 5.02 Å². The largest absolute Gasteiger partial charge is 0.497 e. The number of aromatic nitrogens is 1. The van der Waals surface area contributed by atoms with Gasteiger partial charge in [-0.3, -0.25) is 4.21 Å². The molecular formula is C14H16ClNO3S. The highest BCUT2D eigenvalue weighted by Gasteiger charge is 2.12. The first kappa shape index (κ1) is 15.1. The SMILES string of the molecule is COc1ccc(C[S@](=O)Cc2nc(C)c(C)o2)c(Cl)c1. The summed E-state index contributed by atoms with van der Waals surface area (Å²) in [6.45, 7) is 3.71. The number of ether oxygens (including phenoxy) is 1. The van der Waals surface area contributed by atoms with Gasteiger partial charge in [-0.25, -0.2) is 4.98 Å². The molecule has 20 heavy (non-hydrogen) atoms. The van der Waals surface area contributed by atoms with Gasteiger partial charge in [0.05, 0.1) is 18.6 Å². The summed E-state index contributed by atoms with van der Waals surface area (Å²) in [7, 11) is 0.463. The molecule has 2 aromatic rings. The fourth-order valence-corrected chi connectivity index (χ4v) is 3.15. The molecule has 0 saturated heterocycles. The van der Waals surface area contributed by atoms with E-state index in [4.69, 9.17) is 20.8 Å². The zero-order valence-corrected chi connectivity index (χ0v) is 13.2. The summed E-state index contributed by atoms with van der Waals surface area (Å²) < 4.78 is 22.6. The molecule has 0 saturated carbocycles. The third-order valence-electron chi connectivity index (χ3n) is 2.93. The number of rotatable bonds is 5. The Balaban J connectivity index is 2.04. The molecule has 0 unspecified atom stereocenters. The van der Waals surface area contributed by atoms with Crippen LogP contribution in [-0.2, 0) is 22.3 Å². The van der Waals surface area contributed by atoms with Gasteiger partial charge < -0.3 is 9.15 Å². The molecule has 1 heterocycles. The van der Waals surface area contributed by atoms with Crippen molar-refractivity contribution in [1.29, 1.82) is 0 Å². The third-order valence-corrected chi connectivity index (χ3v) is 4.49. The Labute approximate surface area is 125 Å². The maximum absolute atomic E-state index is 12.1. The van der Waals surface area contributed by atoms with Crippen molar-refractivity contribution in [2.75, 3.05) is 7.11 Å². The minimum atomic E-state index is -1.12. The smallest absolute Gasteiger partial charge is 0.207 e. The summed E-state index contributed by atoms with van der Waals surface area (Å²) in [6, 6.07) is 5.34. The lowest BCUT2D eigenvalue weighted by atomic mass is 10.2. The van der Waals surface area contributed by atoms with E-state index in [1.165, 1.54) is 0 Å². The van der Waals surface area contributed by atoms with E-state index in [2.05, 4.69) is 4.98 Å². The second kappa shape index (κ2) is 6.41. The molecule has 0 fully saturated rings.